The Morgan fingerprint density at radius 2 is 1.71 bits per heavy atom. The standard InChI is InChI=1S/C17H22N2OS/c1-3-17(4-2,19-18)15-12-8-11-14(16(15)20-21)13-9-6-5-7-10-13/h5-12,19,21H,3-4,18H2,1-2H3. The van der Waals surface area contributed by atoms with Gasteiger partial charge in [-0.3, -0.25) is 5.84 Å². The second-order valence-electron chi connectivity index (χ2n) is 5.07. The molecule has 3 nitrogen and oxygen atoms in total. The first-order valence-electron chi connectivity index (χ1n) is 7.20. The molecule has 0 radical (unpaired) electrons. The summed E-state index contributed by atoms with van der Waals surface area (Å²) in [5, 5.41) is 0. The monoisotopic (exact) mass is 302 g/mol. The number of hydrazine groups is 1. The van der Waals surface area contributed by atoms with Crippen LogP contribution in [0.15, 0.2) is 48.5 Å². The molecule has 21 heavy (non-hydrogen) atoms. The van der Waals surface area contributed by atoms with Crippen molar-refractivity contribution < 1.29 is 4.18 Å². The van der Waals surface area contributed by atoms with Gasteiger partial charge in [0.25, 0.3) is 0 Å². The summed E-state index contributed by atoms with van der Waals surface area (Å²) < 4.78 is 5.44. The minimum absolute atomic E-state index is 0.317. The lowest BCUT2D eigenvalue weighted by molar-refractivity contribution is 0.308. The van der Waals surface area contributed by atoms with E-state index >= 15 is 0 Å². The van der Waals surface area contributed by atoms with E-state index in [4.69, 9.17) is 10.0 Å². The van der Waals surface area contributed by atoms with E-state index in [2.05, 4.69) is 44.3 Å². The largest absolute Gasteiger partial charge is 0.428 e. The number of nitrogens with one attached hydrogen (secondary N) is 1. The zero-order valence-corrected chi connectivity index (χ0v) is 13.4. The summed E-state index contributed by atoms with van der Waals surface area (Å²) in [5.41, 5.74) is 5.80. The molecule has 112 valence electrons. The lowest BCUT2D eigenvalue weighted by Gasteiger charge is -2.33. The molecule has 2 aromatic rings. The molecule has 0 unspecified atom stereocenters. The molecule has 2 rings (SSSR count). The van der Waals surface area contributed by atoms with E-state index in [-0.39, 0.29) is 5.54 Å². The van der Waals surface area contributed by atoms with Crippen molar-refractivity contribution in [2.75, 3.05) is 0 Å². The van der Waals surface area contributed by atoms with Crippen LogP contribution in [-0.2, 0) is 5.54 Å². The highest BCUT2D eigenvalue weighted by atomic mass is 32.1. The van der Waals surface area contributed by atoms with E-state index in [1.165, 1.54) is 0 Å². The molecular formula is C17H22N2OS. The molecule has 0 aliphatic heterocycles. The Balaban J connectivity index is 2.64. The molecule has 0 atom stereocenters. The van der Waals surface area contributed by atoms with Crippen LogP contribution in [0.4, 0.5) is 0 Å². The quantitative estimate of drug-likeness (QED) is 0.326. The fourth-order valence-electron chi connectivity index (χ4n) is 2.77. The van der Waals surface area contributed by atoms with Crippen LogP contribution < -0.4 is 15.5 Å². The highest BCUT2D eigenvalue weighted by Crippen LogP contribution is 2.41. The van der Waals surface area contributed by atoms with E-state index in [1.807, 2.05) is 36.4 Å². The number of thiol groups is 1. The van der Waals surface area contributed by atoms with E-state index in [1.54, 1.807) is 0 Å². The maximum Gasteiger partial charge on any atom is 0.149 e. The lowest BCUT2D eigenvalue weighted by Crippen LogP contribution is -2.46. The van der Waals surface area contributed by atoms with Gasteiger partial charge in [-0.25, -0.2) is 5.43 Å². The Kier molecular flexibility index (Phi) is 5.28. The predicted molar refractivity (Wildman–Crippen MR) is 91.1 cm³/mol. The number of nitrogens with two attached hydrogens (primary N) is 1. The van der Waals surface area contributed by atoms with Crippen molar-refractivity contribution in [2.24, 2.45) is 5.84 Å². The molecule has 4 heteroatoms. The topological polar surface area (TPSA) is 47.3 Å². The van der Waals surface area contributed by atoms with Crippen molar-refractivity contribution in [3.05, 3.63) is 54.1 Å². The molecule has 0 saturated heterocycles. The summed E-state index contributed by atoms with van der Waals surface area (Å²) in [5.74, 6) is 6.60. The van der Waals surface area contributed by atoms with Gasteiger partial charge in [0.15, 0.2) is 0 Å². The van der Waals surface area contributed by atoms with Crippen molar-refractivity contribution >= 4 is 12.9 Å². The third-order valence-corrected chi connectivity index (χ3v) is 4.37. The third kappa shape index (κ3) is 2.93. The normalized spacial score (nSPS) is 11.4. The average Bonchev–Trinajstić information content (AvgIpc) is 2.57. The van der Waals surface area contributed by atoms with E-state index in [0.29, 0.717) is 0 Å². The third-order valence-electron chi connectivity index (χ3n) is 4.19. The van der Waals surface area contributed by atoms with Crippen LogP contribution in [0.3, 0.4) is 0 Å². The Bertz CT molecular complexity index is 574. The molecule has 0 aliphatic rings. The van der Waals surface area contributed by atoms with E-state index in [0.717, 1.165) is 35.3 Å². The van der Waals surface area contributed by atoms with Crippen LogP contribution in [-0.4, -0.2) is 0 Å². The summed E-state index contributed by atoms with van der Waals surface area (Å²) in [7, 11) is 0. The number of rotatable bonds is 6. The molecule has 0 bridgehead atoms. The first-order valence-corrected chi connectivity index (χ1v) is 7.57. The van der Waals surface area contributed by atoms with Gasteiger partial charge in [-0.1, -0.05) is 62.4 Å². The zero-order valence-electron chi connectivity index (χ0n) is 12.5. The molecule has 0 aromatic heterocycles. The Labute approximate surface area is 132 Å². The highest BCUT2D eigenvalue weighted by Gasteiger charge is 2.31. The van der Waals surface area contributed by atoms with Gasteiger partial charge in [0.05, 0.1) is 5.54 Å². The smallest absolute Gasteiger partial charge is 0.149 e. The van der Waals surface area contributed by atoms with Gasteiger partial charge in [-0.05, 0) is 18.4 Å². The van der Waals surface area contributed by atoms with Crippen LogP contribution in [0.2, 0.25) is 0 Å². The van der Waals surface area contributed by atoms with Gasteiger partial charge in [-0.15, -0.1) is 0 Å². The van der Waals surface area contributed by atoms with Crippen molar-refractivity contribution in [2.45, 2.75) is 32.2 Å². The Morgan fingerprint density at radius 1 is 1.05 bits per heavy atom. The molecule has 0 fully saturated rings. The summed E-state index contributed by atoms with van der Waals surface area (Å²) in [6.07, 6.45) is 1.73. The first kappa shape index (κ1) is 15.9. The van der Waals surface area contributed by atoms with Gasteiger partial charge in [0.1, 0.15) is 5.75 Å². The maximum atomic E-state index is 5.84. The van der Waals surface area contributed by atoms with Crippen LogP contribution in [0.1, 0.15) is 32.3 Å². The molecule has 0 aliphatic carbocycles. The van der Waals surface area contributed by atoms with Crippen LogP contribution in [0.25, 0.3) is 11.1 Å². The average molecular weight is 302 g/mol. The molecule has 2 aromatic carbocycles. The van der Waals surface area contributed by atoms with Crippen LogP contribution >= 0.6 is 12.9 Å². The van der Waals surface area contributed by atoms with Crippen molar-refractivity contribution in [1.82, 2.24) is 5.43 Å². The molecular weight excluding hydrogens is 280 g/mol. The molecule has 0 spiro atoms. The number of hydrogen-bond donors (Lipinski definition) is 3. The fourth-order valence-corrected chi connectivity index (χ4v) is 2.97. The summed E-state index contributed by atoms with van der Waals surface area (Å²) in [6, 6.07) is 16.3. The van der Waals surface area contributed by atoms with Gasteiger partial charge in [0, 0.05) is 24.0 Å². The van der Waals surface area contributed by atoms with Crippen LogP contribution in [0.5, 0.6) is 5.75 Å². The summed E-state index contributed by atoms with van der Waals surface area (Å²) in [6.45, 7) is 4.22. The van der Waals surface area contributed by atoms with Crippen molar-refractivity contribution in [3.63, 3.8) is 0 Å². The molecule has 3 N–H and O–H groups in total. The predicted octanol–water partition coefficient (Wildman–Crippen LogP) is 4.06. The van der Waals surface area contributed by atoms with Gasteiger partial charge >= 0.3 is 0 Å². The van der Waals surface area contributed by atoms with E-state index < -0.39 is 0 Å². The van der Waals surface area contributed by atoms with Crippen molar-refractivity contribution in [3.8, 4) is 16.9 Å². The minimum atomic E-state index is -0.317. The molecule has 0 saturated carbocycles. The number of para-hydroxylation sites is 1. The van der Waals surface area contributed by atoms with E-state index in [9.17, 15) is 0 Å². The fraction of sp³-hybridized carbons (Fsp3) is 0.294. The molecule has 0 heterocycles. The second-order valence-corrected chi connectivity index (χ2v) is 5.26. The highest BCUT2D eigenvalue weighted by molar-refractivity contribution is 7.75. The minimum Gasteiger partial charge on any atom is -0.428 e. The summed E-state index contributed by atoms with van der Waals surface area (Å²) >= 11 is 4.08. The number of hydrogen-bond acceptors (Lipinski definition) is 4. The Morgan fingerprint density at radius 3 is 2.24 bits per heavy atom. The first-order chi connectivity index (χ1) is 10.2. The summed E-state index contributed by atoms with van der Waals surface area (Å²) in [4.78, 5) is 0. The second kappa shape index (κ2) is 6.98. The lowest BCUT2D eigenvalue weighted by atomic mass is 9.83. The zero-order chi connectivity index (χ0) is 15.3. The SMILES string of the molecule is CCC(CC)(NN)c1cccc(-c2ccccc2)c1OS. The number of benzene rings is 2. The van der Waals surface area contributed by atoms with Gasteiger partial charge < -0.3 is 4.18 Å². The van der Waals surface area contributed by atoms with Crippen molar-refractivity contribution in [1.29, 1.82) is 0 Å². The van der Waals surface area contributed by atoms with Gasteiger partial charge in [-0.2, -0.15) is 0 Å². The Hall–Kier alpha value is -1.49. The van der Waals surface area contributed by atoms with Gasteiger partial charge in [0.2, 0.25) is 0 Å². The van der Waals surface area contributed by atoms with Crippen LogP contribution in [0, 0.1) is 0 Å². The molecule has 0 amide bonds. The maximum absolute atomic E-state index is 5.84.